The maximum Gasteiger partial charge on any atom is 0.305 e. The minimum atomic E-state index is -0.184. The number of rotatable bonds is 12. The highest BCUT2D eigenvalue weighted by molar-refractivity contribution is 7.10. The lowest BCUT2D eigenvalue weighted by Crippen LogP contribution is -2.25. The predicted octanol–water partition coefficient (Wildman–Crippen LogP) is 5.84. The van der Waals surface area contributed by atoms with Crippen molar-refractivity contribution in [2.24, 2.45) is 0 Å². The molecule has 29 heavy (non-hydrogen) atoms. The number of hydrogen-bond donors (Lipinski definition) is 0. The van der Waals surface area contributed by atoms with Gasteiger partial charge >= 0.3 is 5.97 Å². The summed E-state index contributed by atoms with van der Waals surface area (Å²) in [5, 5.41) is 2.14. The number of methoxy groups -OCH3 is 1. The van der Waals surface area contributed by atoms with Crippen LogP contribution in [0.1, 0.15) is 62.3 Å². The van der Waals surface area contributed by atoms with Crippen LogP contribution in [0, 0.1) is 0 Å². The van der Waals surface area contributed by atoms with Gasteiger partial charge in [0.15, 0.2) is 0 Å². The van der Waals surface area contributed by atoms with E-state index in [-0.39, 0.29) is 11.9 Å². The van der Waals surface area contributed by atoms with Crippen LogP contribution in [-0.2, 0) is 27.3 Å². The number of thiophene rings is 1. The molecule has 0 N–H and O–H groups in total. The van der Waals surface area contributed by atoms with Crippen molar-refractivity contribution in [3.05, 3.63) is 46.2 Å². The monoisotopic (exact) mass is 415 g/mol. The van der Waals surface area contributed by atoms with Crippen molar-refractivity contribution in [2.75, 3.05) is 14.2 Å². The Morgan fingerprint density at radius 3 is 2.41 bits per heavy atom. The molecule has 158 valence electrons. The zero-order chi connectivity index (χ0) is 21.1. The maximum absolute atomic E-state index is 12.3. The van der Waals surface area contributed by atoms with Gasteiger partial charge < -0.3 is 9.64 Å². The molecule has 4 nitrogen and oxygen atoms in total. The Morgan fingerprint density at radius 2 is 1.72 bits per heavy atom. The number of carbonyl (C=O) groups excluding carboxylic acids is 2. The lowest BCUT2D eigenvalue weighted by Gasteiger charge is -2.16. The van der Waals surface area contributed by atoms with Crippen molar-refractivity contribution in [1.82, 2.24) is 4.90 Å². The van der Waals surface area contributed by atoms with Crippen molar-refractivity contribution >= 4 is 23.2 Å². The zero-order valence-corrected chi connectivity index (χ0v) is 18.7. The second-order valence-corrected chi connectivity index (χ2v) is 8.48. The Morgan fingerprint density at radius 1 is 1.00 bits per heavy atom. The van der Waals surface area contributed by atoms with E-state index in [2.05, 4.69) is 47.4 Å². The van der Waals surface area contributed by atoms with E-state index in [0.717, 1.165) is 24.0 Å². The summed E-state index contributed by atoms with van der Waals surface area (Å²) in [6.45, 7) is 2.86. The molecule has 1 amide bonds. The van der Waals surface area contributed by atoms with E-state index in [1.807, 2.05) is 11.9 Å². The highest BCUT2D eigenvalue weighted by Gasteiger charge is 2.11. The van der Waals surface area contributed by atoms with Crippen LogP contribution in [0.25, 0.3) is 11.1 Å². The lowest BCUT2D eigenvalue weighted by atomic mass is 10.0. The van der Waals surface area contributed by atoms with Gasteiger partial charge in [-0.2, -0.15) is 0 Å². The first-order valence-electron chi connectivity index (χ1n) is 10.5. The number of aryl methyl sites for hydroxylation is 1. The van der Waals surface area contributed by atoms with Gasteiger partial charge in [0.1, 0.15) is 0 Å². The second-order valence-electron chi connectivity index (χ2n) is 7.49. The summed E-state index contributed by atoms with van der Waals surface area (Å²) in [5.74, 6) is 0.0441. The third-order valence-electron chi connectivity index (χ3n) is 5.10. The van der Waals surface area contributed by atoms with E-state index in [1.54, 1.807) is 11.3 Å². The van der Waals surface area contributed by atoms with E-state index in [0.29, 0.717) is 25.8 Å². The summed E-state index contributed by atoms with van der Waals surface area (Å²) >= 11 is 1.69. The van der Waals surface area contributed by atoms with Gasteiger partial charge in [-0.05, 0) is 41.0 Å². The fourth-order valence-electron chi connectivity index (χ4n) is 3.22. The van der Waals surface area contributed by atoms with Gasteiger partial charge in [-0.3, -0.25) is 9.59 Å². The van der Waals surface area contributed by atoms with Gasteiger partial charge in [-0.25, -0.2) is 0 Å². The minimum Gasteiger partial charge on any atom is -0.469 e. The molecule has 0 fully saturated rings. The van der Waals surface area contributed by atoms with Crippen LogP contribution in [0.5, 0.6) is 0 Å². The Bertz CT molecular complexity index is 767. The molecule has 0 spiro atoms. The third kappa shape index (κ3) is 8.01. The minimum absolute atomic E-state index is 0.184. The Balaban J connectivity index is 1.83. The molecule has 0 saturated carbocycles. The number of ether oxygens (including phenoxy) is 1. The molecule has 1 aromatic carbocycles. The summed E-state index contributed by atoms with van der Waals surface area (Å²) in [6.07, 6.45) is 7.58. The van der Waals surface area contributed by atoms with Gasteiger partial charge in [0, 0.05) is 24.8 Å². The van der Waals surface area contributed by atoms with Crippen LogP contribution in [0.3, 0.4) is 0 Å². The van der Waals surface area contributed by atoms with Crippen molar-refractivity contribution in [1.29, 1.82) is 0 Å². The Kier molecular flexibility index (Phi) is 9.92. The summed E-state index contributed by atoms with van der Waals surface area (Å²) in [6, 6.07) is 10.5. The molecule has 1 aromatic heterocycles. The molecule has 0 saturated heterocycles. The Labute approximate surface area is 178 Å². The first-order chi connectivity index (χ1) is 14.0. The lowest BCUT2D eigenvalue weighted by molar-refractivity contribution is -0.140. The topological polar surface area (TPSA) is 46.6 Å². The van der Waals surface area contributed by atoms with E-state index in [1.165, 1.54) is 36.8 Å². The Hall–Kier alpha value is -2.14. The number of hydrogen-bond acceptors (Lipinski definition) is 4. The number of amides is 1. The smallest absolute Gasteiger partial charge is 0.305 e. The molecule has 0 unspecified atom stereocenters. The quantitative estimate of drug-likeness (QED) is 0.323. The van der Waals surface area contributed by atoms with Crippen molar-refractivity contribution in [3.8, 4) is 11.1 Å². The van der Waals surface area contributed by atoms with E-state index in [4.69, 9.17) is 0 Å². The summed E-state index contributed by atoms with van der Waals surface area (Å²) in [5.41, 5.74) is 3.45. The molecule has 0 aliphatic carbocycles. The van der Waals surface area contributed by atoms with Crippen LogP contribution in [-0.4, -0.2) is 30.9 Å². The molecule has 0 aliphatic rings. The molecular formula is C24H33NO3S. The molecule has 0 atom stereocenters. The molecule has 5 heteroatoms. The number of carbonyl (C=O) groups is 2. The van der Waals surface area contributed by atoms with Gasteiger partial charge in [-0.15, -0.1) is 11.3 Å². The number of unbranched alkanes of at least 4 members (excludes halogenated alkanes) is 4. The first kappa shape index (κ1) is 23.1. The van der Waals surface area contributed by atoms with Crippen LogP contribution in [0.15, 0.2) is 35.7 Å². The van der Waals surface area contributed by atoms with Gasteiger partial charge in [0.05, 0.1) is 13.7 Å². The molecule has 0 bridgehead atoms. The van der Waals surface area contributed by atoms with Crippen LogP contribution < -0.4 is 0 Å². The second kappa shape index (κ2) is 12.4. The van der Waals surface area contributed by atoms with Crippen molar-refractivity contribution in [3.63, 3.8) is 0 Å². The average Bonchev–Trinajstić information content (AvgIpc) is 3.20. The molecule has 1 heterocycles. The maximum atomic E-state index is 12.3. The summed E-state index contributed by atoms with van der Waals surface area (Å²) in [4.78, 5) is 26.6. The third-order valence-corrected chi connectivity index (χ3v) is 6.02. The molecule has 2 aromatic rings. The highest BCUT2D eigenvalue weighted by atomic mass is 32.1. The normalized spacial score (nSPS) is 10.7. The van der Waals surface area contributed by atoms with Crippen LogP contribution in [0.2, 0.25) is 0 Å². The standard InChI is InChI=1S/C24H33NO3S/c1-4-5-6-7-8-9-23(26)25(2)17-22-16-21(18-29-22)20-13-10-19(11-14-20)12-15-24(27)28-3/h10-11,13-14,16,18H,4-9,12,15,17H2,1-3H3. The molecule has 0 radical (unpaired) electrons. The first-order valence-corrected chi connectivity index (χ1v) is 11.4. The number of esters is 1. The summed E-state index contributed by atoms with van der Waals surface area (Å²) in [7, 11) is 3.31. The van der Waals surface area contributed by atoms with Crippen molar-refractivity contribution < 1.29 is 14.3 Å². The van der Waals surface area contributed by atoms with Gasteiger partial charge in [-0.1, -0.05) is 56.9 Å². The average molecular weight is 416 g/mol. The summed E-state index contributed by atoms with van der Waals surface area (Å²) < 4.78 is 4.69. The highest BCUT2D eigenvalue weighted by Crippen LogP contribution is 2.27. The zero-order valence-electron chi connectivity index (χ0n) is 17.9. The van der Waals surface area contributed by atoms with E-state index in [9.17, 15) is 9.59 Å². The van der Waals surface area contributed by atoms with Gasteiger partial charge in [0.25, 0.3) is 0 Å². The molecular weight excluding hydrogens is 382 g/mol. The predicted molar refractivity (Wildman–Crippen MR) is 120 cm³/mol. The van der Waals surface area contributed by atoms with E-state index < -0.39 is 0 Å². The molecule has 2 rings (SSSR count). The fraction of sp³-hybridized carbons (Fsp3) is 0.500. The van der Waals surface area contributed by atoms with Crippen LogP contribution >= 0.6 is 11.3 Å². The fourth-order valence-corrected chi connectivity index (χ4v) is 4.17. The number of benzene rings is 1. The molecule has 0 aliphatic heterocycles. The van der Waals surface area contributed by atoms with Crippen molar-refractivity contribution in [2.45, 2.75) is 64.8 Å². The van der Waals surface area contributed by atoms with E-state index >= 15 is 0 Å². The SMILES string of the molecule is CCCCCCCC(=O)N(C)Cc1cc(-c2ccc(CCC(=O)OC)cc2)cs1. The number of nitrogens with zero attached hydrogens (tertiary/aromatic N) is 1. The largest absolute Gasteiger partial charge is 0.469 e. The van der Waals surface area contributed by atoms with Crippen LogP contribution in [0.4, 0.5) is 0 Å². The van der Waals surface area contributed by atoms with Gasteiger partial charge in [0.2, 0.25) is 5.91 Å².